The molecule has 0 bridgehead atoms. The van der Waals surface area contributed by atoms with E-state index in [1.165, 1.54) is 6.33 Å². The maximum absolute atomic E-state index is 4.25. The van der Waals surface area contributed by atoms with Gasteiger partial charge in [-0.3, -0.25) is 10.9 Å². The highest BCUT2D eigenvalue weighted by Crippen LogP contribution is 2.09. The average Bonchev–Trinajstić information content (AvgIpc) is 2.62. The number of hydrazone groups is 2. The fraction of sp³-hybridized carbons (Fsp3) is 0. The fourth-order valence-corrected chi connectivity index (χ4v) is 2.52. The predicted octanol–water partition coefficient (Wildman–Crippen LogP) is 3.68. The fourth-order valence-electron chi connectivity index (χ4n) is 1.80. The van der Waals surface area contributed by atoms with Crippen LogP contribution in [0.25, 0.3) is 0 Å². The van der Waals surface area contributed by atoms with Crippen molar-refractivity contribution >= 4 is 55.9 Å². The number of hydrogen-bond acceptors (Lipinski definition) is 8. The molecule has 0 aliphatic rings. The van der Waals surface area contributed by atoms with Gasteiger partial charge in [0.1, 0.15) is 15.5 Å². The number of nitrogens with one attached hydrogen (secondary N) is 2. The molecule has 0 aliphatic heterocycles. The Morgan fingerprint density at radius 1 is 0.769 bits per heavy atom. The van der Waals surface area contributed by atoms with Crippen molar-refractivity contribution in [1.29, 1.82) is 0 Å². The molecule has 3 aromatic rings. The molecule has 0 amide bonds. The van der Waals surface area contributed by atoms with Gasteiger partial charge in [0, 0.05) is 6.07 Å². The Bertz CT molecular complexity index is 872. The highest BCUT2D eigenvalue weighted by Gasteiger charge is 1.97. The summed E-state index contributed by atoms with van der Waals surface area (Å²) in [6.45, 7) is 0. The van der Waals surface area contributed by atoms with E-state index in [4.69, 9.17) is 0 Å². The summed E-state index contributed by atoms with van der Waals surface area (Å²) < 4.78 is 1.49. The Balaban J connectivity index is 1.59. The maximum Gasteiger partial charge on any atom is 0.151 e. The van der Waals surface area contributed by atoms with Gasteiger partial charge in [0.25, 0.3) is 0 Å². The summed E-state index contributed by atoms with van der Waals surface area (Å²) >= 11 is 6.62. The van der Waals surface area contributed by atoms with Gasteiger partial charge in [-0.05, 0) is 56.1 Å². The second kappa shape index (κ2) is 9.11. The van der Waals surface area contributed by atoms with Crippen LogP contribution in [0.5, 0.6) is 0 Å². The van der Waals surface area contributed by atoms with Crippen molar-refractivity contribution in [2.24, 2.45) is 10.2 Å². The molecule has 0 radical (unpaired) electrons. The van der Waals surface area contributed by atoms with E-state index in [1.54, 1.807) is 18.5 Å². The molecule has 0 atom stereocenters. The Hall–Kier alpha value is -2.72. The van der Waals surface area contributed by atoms with Crippen LogP contribution >= 0.6 is 31.9 Å². The third-order valence-electron chi connectivity index (χ3n) is 2.89. The lowest BCUT2D eigenvalue weighted by Gasteiger charge is -2.02. The minimum Gasteiger partial charge on any atom is -0.261 e. The Morgan fingerprint density at radius 3 is 1.73 bits per heavy atom. The summed E-state index contributed by atoms with van der Waals surface area (Å²) in [6, 6.07) is 12.8. The van der Waals surface area contributed by atoms with Crippen LogP contribution in [0.15, 0.2) is 68.2 Å². The number of aromatic nitrogens is 4. The number of halogens is 2. The molecular weight excluding hydrogens is 464 g/mol. The molecular formula is C16H12Br2N8. The van der Waals surface area contributed by atoms with E-state index in [0.717, 1.165) is 9.21 Å². The first kappa shape index (κ1) is 18.1. The van der Waals surface area contributed by atoms with Crippen molar-refractivity contribution in [3.05, 3.63) is 69.4 Å². The highest BCUT2D eigenvalue weighted by atomic mass is 79.9. The molecule has 3 aromatic heterocycles. The van der Waals surface area contributed by atoms with Gasteiger partial charge in [-0.1, -0.05) is 12.1 Å². The molecule has 0 aliphatic carbocycles. The summed E-state index contributed by atoms with van der Waals surface area (Å²) in [5.74, 6) is 1.04. The standard InChI is InChI=1S/C16H12Br2N8/c17-13-5-1-3-11(23-13)8-21-25-15-7-16(20-10-19-15)26-22-9-12-4-2-6-14(18)24-12/h1-10H,(H2,19,20,25,26)/b21-8+,22-9+. The van der Waals surface area contributed by atoms with E-state index < -0.39 is 0 Å². The van der Waals surface area contributed by atoms with E-state index in [0.29, 0.717) is 23.0 Å². The van der Waals surface area contributed by atoms with Crippen molar-refractivity contribution in [1.82, 2.24) is 19.9 Å². The zero-order valence-corrected chi connectivity index (χ0v) is 16.4. The van der Waals surface area contributed by atoms with Crippen LogP contribution in [0.4, 0.5) is 11.6 Å². The number of anilines is 2. The van der Waals surface area contributed by atoms with Crippen molar-refractivity contribution in [3.8, 4) is 0 Å². The topological polar surface area (TPSA) is 100 Å². The molecule has 3 heterocycles. The van der Waals surface area contributed by atoms with Gasteiger partial charge in [-0.2, -0.15) is 10.2 Å². The molecule has 2 N–H and O–H groups in total. The SMILES string of the molecule is Brc1cccc(/C=N/Nc2cc(N/N=C/c3cccc(Br)n3)ncn2)n1. The predicted molar refractivity (Wildman–Crippen MR) is 108 cm³/mol. The first-order chi connectivity index (χ1) is 12.7. The first-order valence-electron chi connectivity index (χ1n) is 7.34. The maximum atomic E-state index is 4.25. The Morgan fingerprint density at radius 2 is 1.27 bits per heavy atom. The minimum atomic E-state index is 0.518. The van der Waals surface area contributed by atoms with E-state index >= 15 is 0 Å². The second-order valence-corrected chi connectivity index (χ2v) is 6.42. The van der Waals surface area contributed by atoms with E-state index in [2.05, 4.69) is 72.9 Å². The van der Waals surface area contributed by atoms with Crippen LogP contribution in [0.3, 0.4) is 0 Å². The molecule has 0 unspecified atom stereocenters. The molecule has 0 spiro atoms. The minimum absolute atomic E-state index is 0.518. The molecule has 0 fully saturated rings. The van der Waals surface area contributed by atoms with Crippen molar-refractivity contribution in [3.63, 3.8) is 0 Å². The zero-order chi connectivity index (χ0) is 18.2. The summed E-state index contributed by atoms with van der Waals surface area (Å²) in [6.07, 6.45) is 4.60. The molecule has 0 aromatic carbocycles. The number of pyridine rings is 2. The highest BCUT2D eigenvalue weighted by molar-refractivity contribution is 9.10. The number of hydrogen-bond donors (Lipinski definition) is 2. The molecule has 130 valence electrons. The summed E-state index contributed by atoms with van der Waals surface area (Å²) in [5, 5.41) is 8.20. The molecule has 0 saturated heterocycles. The Kier molecular flexibility index (Phi) is 6.34. The van der Waals surface area contributed by atoms with Crippen LogP contribution in [0.1, 0.15) is 11.4 Å². The largest absolute Gasteiger partial charge is 0.261 e. The van der Waals surface area contributed by atoms with Crippen LogP contribution < -0.4 is 10.9 Å². The lowest BCUT2D eigenvalue weighted by atomic mass is 10.4. The van der Waals surface area contributed by atoms with Gasteiger partial charge in [0.15, 0.2) is 11.6 Å². The van der Waals surface area contributed by atoms with Crippen LogP contribution in [-0.2, 0) is 0 Å². The van der Waals surface area contributed by atoms with Gasteiger partial charge in [0.2, 0.25) is 0 Å². The Labute approximate surface area is 166 Å². The number of nitrogens with zero attached hydrogens (tertiary/aromatic N) is 6. The molecule has 10 heteroatoms. The molecule has 8 nitrogen and oxygen atoms in total. The van der Waals surface area contributed by atoms with Crippen molar-refractivity contribution in [2.75, 3.05) is 10.9 Å². The first-order valence-corrected chi connectivity index (χ1v) is 8.93. The van der Waals surface area contributed by atoms with Crippen molar-refractivity contribution < 1.29 is 0 Å². The van der Waals surface area contributed by atoms with Crippen LogP contribution in [0.2, 0.25) is 0 Å². The third-order valence-corrected chi connectivity index (χ3v) is 3.78. The van der Waals surface area contributed by atoms with Gasteiger partial charge in [0.05, 0.1) is 23.8 Å². The van der Waals surface area contributed by atoms with Gasteiger partial charge in [-0.15, -0.1) is 0 Å². The molecule has 26 heavy (non-hydrogen) atoms. The average molecular weight is 476 g/mol. The summed E-state index contributed by atoms with van der Waals surface area (Å²) in [5.41, 5.74) is 7.07. The normalized spacial score (nSPS) is 11.2. The van der Waals surface area contributed by atoms with Crippen molar-refractivity contribution in [2.45, 2.75) is 0 Å². The molecule has 3 rings (SSSR count). The number of rotatable bonds is 6. The van der Waals surface area contributed by atoms with E-state index in [1.807, 2.05) is 36.4 Å². The van der Waals surface area contributed by atoms with Gasteiger partial charge >= 0.3 is 0 Å². The van der Waals surface area contributed by atoms with Gasteiger partial charge < -0.3 is 0 Å². The molecule has 0 saturated carbocycles. The van der Waals surface area contributed by atoms with Gasteiger partial charge in [-0.25, -0.2) is 19.9 Å². The monoisotopic (exact) mass is 474 g/mol. The van der Waals surface area contributed by atoms with E-state index in [-0.39, 0.29) is 0 Å². The quantitative estimate of drug-likeness (QED) is 0.320. The van der Waals surface area contributed by atoms with Crippen LogP contribution in [-0.4, -0.2) is 32.4 Å². The summed E-state index contributed by atoms with van der Waals surface area (Å²) in [7, 11) is 0. The zero-order valence-electron chi connectivity index (χ0n) is 13.2. The smallest absolute Gasteiger partial charge is 0.151 e. The summed E-state index contributed by atoms with van der Waals surface area (Å²) in [4.78, 5) is 16.7. The lowest BCUT2D eigenvalue weighted by Crippen LogP contribution is -1.99. The van der Waals surface area contributed by atoms with Crippen LogP contribution in [0, 0.1) is 0 Å². The third kappa shape index (κ3) is 5.67. The van der Waals surface area contributed by atoms with E-state index in [9.17, 15) is 0 Å². The second-order valence-electron chi connectivity index (χ2n) is 4.80. The lowest BCUT2D eigenvalue weighted by molar-refractivity contribution is 1.12.